The van der Waals surface area contributed by atoms with Gasteiger partial charge in [-0.15, -0.1) is 0 Å². The van der Waals surface area contributed by atoms with E-state index in [2.05, 4.69) is 5.32 Å². The number of esters is 1. The zero-order valence-corrected chi connectivity index (χ0v) is 20.1. The molecule has 34 heavy (non-hydrogen) atoms. The minimum atomic E-state index is -1.06. The van der Waals surface area contributed by atoms with Crippen LogP contribution in [0.4, 0.5) is 0 Å². The van der Waals surface area contributed by atoms with Gasteiger partial charge in [0.2, 0.25) is 5.91 Å². The molecule has 2 atom stereocenters. The van der Waals surface area contributed by atoms with Crippen molar-refractivity contribution in [1.29, 1.82) is 0 Å². The van der Waals surface area contributed by atoms with Crippen molar-refractivity contribution >= 4 is 23.7 Å². The fourth-order valence-electron chi connectivity index (χ4n) is 6.49. The van der Waals surface area contributed by atoms with Crippen LogP contribution in [0.5, 0.6) is 0 Å². The molecule has 1 N–H and O–H groups in total. The standard InChI is InChI=1S/C25H33N3O6/c1-22(2)23(3)6-7-25(22,34-21(23)32)20(31)28-13-10-24(16-28)8-11-27(12-9-24)18(29)15-26-19(30)17-5-4-14-33-17/h4-5,14H,6-13,15-16H2,1-3H3,(H,26,30). The Morgan fingerprint density at radius 1 is 1.00 bits per heavy atom. The van der Waals surface area contributed by atoms with Gasteiger partial charge in [0.15, 0.2) is 11.4 Å². The van der Waals surface area contributed by atoms with Gasteiger partial charge < -0.3 is 24.3 Å². The average Bonchev–Trinajstić information content (AvgIpc) is 3.56. The van der Waals surface area contributed by atoms with Crippen LogP contribution in [-0.4, -0.2) is 71.8 Å². The average molecular weight is 472 g/mol. The van der Waals surface area contributed by atoms with Crippen LogP contribution < -0.4 is 5.32 Å². The third-order valence-corrected chi connectivity index (χ3v) is 9.48. The molecular formula is C25H33N3O6. The largest absolute Gasteiger partial charge is 0.459 e. The van der Waals surface area contributed by atoms with E-state index in [9.17, 15) is 19.2 Å². The number of hydrogen-bond acceptors (Lipinski definition) is 6. The maximum absolute atomic E-state index is 13.7. The molecule has 1 aromatic heterocycles. The highest BCUT2D eigenvalue weighted by atomic mass is 16.6. The Labute approximate surface area is 199 Å². The molecule has 1 spiro atoms. The number of piperidine rings is 1. The number of hydrogen-bond donors (Lipinski definition) is 1. The SMILES string of the molecule is CC12CCC(C(=O)N3CCC4(CCN(C(=O)CNC(=O)c5ccco5)CC4)C3)(OC1=O)C2(C)C. The number of fused-ring (bicyclic) bond motifs is 2. The van der Waals surface area contributed by atoms with E-state index in [0.29, 0.717) is 39.0 Å². The van der Waals surface area contributed by atoms with Crippen LogP contribution in [0.25, 0.3) is 0 Å². The predicted octanol–water partition coefficient (Wildman–Crippen LogP) is 1.97. The van der Waals surface area contributed by atoms with Gasteiger partial charge in [0, 0.05) is 31.6 Å². The van der Waals surface area contributed by atoms with Crippen molar-refractivity contribution in [3.05, 3.63) is 24.2 Å². The Morgan fingerprint density at radius 2 is 1.68 bits per heavy atom. The summed E-state index contributed by atoms with van der Waals surface area (Å²) in [5.74, 6) is -0.654. The van der Waals surface area contributed by atoms with Gasteiger partial charge >= 0.3 is 5.97 Å². The topological polar surface area (TPSA) is 109 Å². The van der Waals surface area contributed by atoms with Crippen LogP contribution in [-0.2, 0) is 19.1 Å². The number of ether oxygens (including phenoxy) is 1. The number of carbonyl (C=O) groups excluding carboxylic acids is 4. The summed E-state index contributed by atoms with van der Waals surface area (Å²) < 4.78 is 10.9. The predicted molar refractivity (Wildman–Crippen MR) is 120 cm³/mol. The Hall–Kier alpha value is -2.84. The maximum atomic E-state index is 13.7. The summed E-state index contributed by atoms with van der Waals surface area (Å²) in [4.78, 5) is 54.6. The Kier molecular flexibility index (Phi) is 5.11. The highest BCUT2D eigenvalue weighted by molar-refractivity contribution is 5.96. The lowest BCUT2D eigenvalue weighted by molar-refractivity contribution is -0.173. The Morgan fingerprint density at radius 3 is 2.24 bits per heavy atom. The van der Waals surface area contributed by atoms with Crippen molar-refractivity contribution in [2.24, 2.45) is 16.2 Å². The van der Waals surface area contributed by atoms with E-state index in [1.807, 2.05) is 25.7 Å². The van der Waals surface area contributed by atoms with E-state index in [4.69, 9.17) is 9.15 Å². The smallest absolute Gasteiger partial charge is 0.313 e. The highest BCUT2D eigenvalue weighted by Crippen LogP contribution is 2.66. The molecular weight excluding hydrogens is 438 g/mol. The third kappa shape index (κ3) is 3.11. The molecule has 1 saturated carbocycles. The summed E-state index contributed by atoms with van der Waals surface area (Å²) >= 11 is 0. The number of rotatable bonds is 4. The number of likely N-dealkylation sites (tertiary alicyclic amines) is 2. The second-order valence-electron chi connectivity index (χ2n) is 11.2. The van der Waals surface area contributed by atoms with E-state index in [-0.39, 0.29) is 35.5 Å². The molecule has 3 aliphatic heterocycles. The zero-order valence-electron chi connectivity index (χ0n) is 20.1. The van der Waals surface area contributed by atoms with Gasteiger partial charge in [0.05, 0.1) is 18.2 Å². The van der Waals surface area contributed by atoms with Crippen LogP contribution in [0.15, 0.2) is 22.8 Å². The van der Waals surface area contributed by atoms with E-state index in [0.717, 1.165) is 19.3 Å². The number of nitrogens with zero attached hydrogens (tertiary/aromatic N) is 2. The molecule has 9 nitrogen and oxygen atoms in total. The lowest BCUT2D eigenvalue weighted by Crippen LogP contribution is -2.55. The zero-order chi connectivity index (χ0) is 24.4. The van der Waals surface area contributed by atoms with Gasteiger partial charge in [-0.2, -0.15) is 0 Å². The summed E-state index contributed by atoms with van der Waals surface area (Å²) in [6, 6.07) is 3.18. The van der Waals surface area contributed by atoms with Gasteiger partial charge in [-0.25, -0.2) is 0 Å². The molecule has 2 bridgehead atoms. The van der Waals surface area contributed by atoms with Crippen LogP contribution in [0.2, 0.25) is 0 Å². The molecule has 4 heterocycles. The number of carbonyl (C=O) groups is 4. The molecule has 2 unspecified atom stereocenters. The molecule has 1 aromatic rings. The molecule has 0 aromatic carbocycles. The van der Waals surface area contributed by atoms with Gasteiger partial charge in [0.25, 0.3) is 11.8 Å². The van der Waals surface area contributed by atoms with Crippen molar-refractivity contribution in [2.75, 3.05) is 32.7 Å². The first-order valence-corrected chi connectivity index (χ1v) is 12.2. The van der Waals surface area contributed by atoms with Crippen LogP contribution in [0.1, 0.15) is 63.4 Å². The summed E-state index contributed by atoms with van der Waals surface area (Å²) in [5, 5.41) is 2.61. The van der Waals surface area contributed by atoms with Crippen molar-refractivity contribution < 1.29 is 28.3 Å². The second kappa shape index (κ2) is 7.58. The first-order chi connectivity index (χ1) is 16.0. The molecule has 3 amide bonds. The molecule has 5 rings (SSSR count). The van der Waals surface area contributed by atoms with Crippen molar-refractivity contribution in [3.63, 3.8) is 0 Å². The van der Waals surface area contributed by atoms with Crippen molar-refractivity contribution in [1.82, 2.24) is 15.1 Å². The number of amides is 3. The quantitative estimate of drug-likeness (QED) is 0.673. The van der Waals surface area contributed by atoms with E-state index >= 15 is 0 Å². The first kappa shape index (κ1) is 22.9. The van der Waals surface area contributed by atoms with E-state index < -0.39 is 22.3 Å². The monoisotopic (exact) mass is 471 g/mol. The third-order valence-electron chi connectivity index (χ3n) is 9.48. The molecule has 9 heteroatoms. The van der Waals surface area contributed by atoms with Crippen LogP contribution in [0.3, 0.4) is 0 Å². The molecule has 3 saturated heterocycles. The molecule has 1 aliphatic carbocycles. The fraction of sp³-hybridized carbons (Fsp3) is 0.680. The Bertz CT molecular complexity index is 1030. The lowest BCUT2D eigenvalue weighted by atomic mass is 9.66. The molecule has 4 aliphatic rings. The van der Waals surface area contributed by atoms with Crippen molar-refractivity contribution in [3.8, 4) is 0 Å². The summed E-state index contributed by atoms with van der Waals surface area (Å²) in [7, 11) is 0. The molecule has 0 radical (unpaired) electrons. The van der Waals surface area contributed by atoms with Crippen LogP contribution >= 0.6 is 0 Å². The molecule has 4 fully saturated rings. The second-order valence-corrected chi connectivity index (χ2v) is 11.2. The summed E-state index contributed by atoms with van der Waals surface area (Å²) in [6.07, 6.45) is 5.18. The van der Waals surface area contributed by atoms with Gasteiger partial charge in [-0.05, 0) is 56.6 Å². The summed E-state index contributed by atoms with van der Waals surface area (Å²) in [5.41, 5.74) is -2.24. The van der Waals surface area contributed by atoms with E-state index in [1.54, 1.807) is 17.0 Å². The summed E-state index contributed by atoms with van der Waals surface area (Å²) in [6.45, 7) is 8.31. The van der Waals surface area contributed by atoms with Gasteiger partial charge in [-0.3, -0.25) is 19.2 Å². The normalized spacial score (nSPS) is 31.1. The maximum Gasteiger partial charge on any atom is 0.313 e. The highest BCUT2D eigenvalue weighted by Gasteiger charge is 2.76. The Balaban J connectivity index is 1.17. The number of nitrogens with one attached hydrogen (secondary N) is 1. The van der Waals surface area contributed by atoms with Crippen molar-refractivity contribution in [2.45, 2.75) is 58.5 Å². The lowest BCUT2D eigenvalue weighted by Gasteiger charge is -2.41. The minimum absolute atomic E-state index is 0.0187. The molecule has 184 valence electrons. The van der Waals surface area contributed by atoms with Crippen LogP contribution in [0, 0.1) is 16.2 Å². The number of furan rings is 1. The minimum Gasteiger partial charge on any atom is -0.459 e. The fourth-order valence-corrected chi connectivity index (χ4v) is 6.49. The first-order valence-electron chi connectivity index (χ1n) is 12.2. The van der Waals surface area contributed by atoms with Gasteiger partial charge in [0.1, 0.15) is 0 Å². The van der Waals surface area contributed by atoms with Gasteiger partial charge in [-0.1, -0.05) is 13.8 Å². The van der Waals surface area contributed by atoms with E-state index in [1.165, 1.54) is 6.26 Å².